The molecule has 3 heterocycles. The molecule has 2 atom stereocenters. The molecule has 0 radical (unpaired) electrons. The topological polar surface area (TPSA) is 38.1 Å². The Morgan fingerprint density at radius 2 is 2.40 bits per heavy atom. The number of thioether (sulfide) groups is 1. The van der Waals surface area contributed by atoms with Gasteiger partial charge in [0.25, 0.3) is 0 Å². The van der Waals surface area contributed by atoms with Crippen LogP contribution >= 0.6 is 11.8 Å². The highest BCUT2D eigenvalue weighted by Crippen LogP contribution is 2.33. The van der Waals surface area contributed by atoms with Crippen LogP contribution in [0.4, 0.5) is 0 Å². The summed E-state index contributed by atoms with van der Waals surface area (Å²) >= 11 is 2.02. The number of rotatable bonds is 2. The maximum atomic E-state index is 5.60. The summed E-state index contributed by atoms with van der Waals surface area (Å²) < 4.78 is 5.60. The highest BCUT2D eigenvalue weighted by molar-refractivity contribution is 7.99. The van der Waals surface area contributed by atoms with Crippen LogP contribution < -0.4 is 5.32 Å². The fourth-order valence-electron chi connectivity index (χ4n) is 2.31. The Balaban J connectivity index is 1.74. The van der Waals surface area contributed by atoms with E-state index in [1.165, 1.54) is 30.0 Å². The van der Waals surface area contributed by atoms with E-state index in [4.69, 9.17) is 4.42 Å². The lowest BCUT2D eigenvalue weighted by Gasteiger charge is -2.02. The van der Waals surface area contributed by atoms with Crippen LogP contribution in [-0.2, 0) is 0 Å². The Bertz CT molecular complexity index is 297. The van der Waals surface area contributed by atoms with E-state index < -0.39 is 0 Å². The first-order chi connectivity index (χ1) is 7.43. The van der Waals surface area contributed by atoms with Gasteiger partial charge in [-0.05, 0) is 25.1 Å². The molecule has 15 heavy (non-hydrogen) atoms. The van der Waals surface area contributed by atoms with Crippen LogP contribution in [0.1, 0.15) is 36.3 Å². The van der Waals surface area contributed by atoms with E-state index in [1.807, 2.05) is 18.0 Å². The molecule has 0 amide bonds. The third kappa shape index (κ3) is 1.93. The third-order valence-corrected chi connectivity index (χ3v) is 4.46. The van der Waals surface area contributed by atoms with Crippen molar-refractivity contribution in [3.05, 3.63) is 17.8 Å². The second-order valence-electron chi connectivity index (χ2n) is 4.36. The van der Waals surface area contributed by atoms with E-state index in [1.54, 1.807) is 0 Å². The van der Waals surface area contributed by atoms with Crippen molar-refractivity contribution < 1.29 is 4.42 Å². The van der Waals surface area contributed by atoms with Crippen molar-refractivity contribution >= 4 is 11.8 Å². The summed E-state index contributed by atoms with van der Waals surface area (Å²) in [5.74, 6) is 4.59. The molecule has 0 aromatic carbocycles. The van der Waals surface area contributed by atoms with E-state index in [2.05, 4.69) is 10.3 Å². The number of nitrogens with one attached hydrogen (secondary N) is 1. The molecule has 2 unspecified atom stereocenters. The minimum absolute atomic E-state index is 0.507. The number of hydrogen-bond acceptors (Lipinski definition) is 4. The number of oxazole rings is 1. The van der Waals surface area contributed by atoms with Gasteiger partial charge in [0.1, 0.15) is 6.26 Å². The van der Waals surface area contributed by atoms with Gasteiger partial charge < -0.3 is 9.73 Å². The second kappa shape index (κ2) is 4.18. The van der Waals surface area contributed by atoms with Gasteiger partial charge >= 0.3 is 0 Å². The lowest BCUT2D eigenvalue weighted by atomic mass is 10.1. The molecular weight excluding hydrogens is 208 g/mol. The minimum Gasteiger partial charge on any atom is -0.448 e. The van der Waals surface area contributed by atoms with Crippen LogP contribution in [0.3, 0.4) is 0 Å². The van der Waals surface area contributed by atoms with Crippen molar-refractivity contribution in [1.29, 1.82) is 0 Å². The molecule has 2 aliphatic heterocycles. The van der Waals surface area contributed by atoms with Gasteiger partial charge in [-0.2, -0.15) is 11.8 Å². The van der Waals surface area contributed by atoms with Crippen molar-refractivity contribution in [3.8, 4) is 0 Å². The van der Waals surface area contributed by atoms with Gasteiger partial charge in [0.15, 0.2) is 5.89 Å². The van der Waals surface area contributed by atoms with Gasteiger partial charge in [-0.25, -0.2) is 4.98 Å². The van der Waals surface area contributed by atoms with Gasteiger partial charge in [-0.3, -0.25) is 0 Å². The summed E-state index contributed by atoms with van der Waals surface area (Å²) in [6, 6.07) is 0. The van der Waals surface area contributed by atoms with E-state index in [0.717, 1.165) is 19.0 Å². The molecule has 0 saturated carbocycles. The van der Waals surface area contributed by atoms with Crippen LogP contribution in [0.15, 0.2) is 10.7 Å². The third-order valence-electron chi connectivity index (χ3n) is 3.30. The van der Waals surface area contributed by atoms with E-state index in [9.17, 15) is 0 Å². The van der Waals surface area contributed by atoms with Crippen LogP contribution in [0.2, 0.25) is 0 Å². The van der Waals surface area contributed by atoms with Crippen molar-refractivity contribution in [3.63, 3.8) is 0 Å². The quantitative estimate of drug-likeness (QED) is 0.833. The maximum absolute atomic E-state index is 5.60. The van der Waals surface area contributed by atoms with E-state index in [0.29, 0.717) is 11.8 Å². The standard InChI is InChI=1S/C11H16N2OS/c1-3-12-5-8(1)11-13-10(6-14-11)9-2-4-15-7-9/h6,8-9,12H,1-5,7H2. The molecule has 1 aromatic rings. The minimum atomic E-state index is 0.507. The van der Waals surface area contributed by atoms with Crippen LogP contribution in [-0.4, -0.2) is 29.6 Å². The average molecular weight is 224 g/mol. The summed E-state index contributed by atoms with van der Waals surface area (Å²) in [5, 5.41) is 3.35. The first kappa shape index (κ1) is 9.73. The predicted molar refractivity (Wildman–Crippen MR) is 61.4 cm³/mol. The van der Waals surface area contributed by atoms with Crippen molar-refractivity contribution in [2.24, 2.45) is 0 Å². The van der Waals surface area contributed by atoms with Crippen LogP contribution in [0, 0.1) is 0 Å². The second-order valence-corrected chi connectivity index (χ2v) is 5.51. The van der Waals surface area contributed by atoms with E-state index in [-0.39, 0.29) is 0 Å². The normalized spacial score (nSPS) is 31.2. The smallest absolute Gasteiger partial charge is 0.198 e. The molecule has 0 spiro atoms. The van der Waals surface area contributed by atoms with Crippen molar-refractivity contribution in [2.45, 2.75) is 24.7 Å². The average Bonchev–Trinajstić information content (AvgIpc) is 3.02. The molecule has 1 N–H and O–H groups in total. The Morgan fingerprint density at radius 1 is 1.40 bits per heavy atom. The van der Waals surface area contributed by atoms with Gasteiger partial charge in [0, 0.05) is 24.1 Å². The molecule has 0 aliphatic carbocycles. The highest BCUT2D eigenvalue weighted by atomic mass is 32.2. The summed E-state index contributed by atoms with van der Waals surface area (Å²) in [7, 11) is 0. The van der Waals surface area contributed by atoms with Crippen molar-refractivity contribution in [1.82, 2.24) is 10.3 Å². The molecule has 2 saturated heterocycles. The molecule has 3 rings (SSSR count). The largest absolute Gasteiger partial charge is 0.448 e. The Morgan fingerprint density at radius 3 is 3.13 bits per heavy atom. The van der Waals surface area contributed by atoms with Crippen molar-refractivity contribution in [2.75, 3.05) is 24.6 Å². The zero-order valence-corrected chi connectivity index (χ0v) is 9.55. The number of nitrogens with zero attached hydrogens (tertiary/aromatic N) is 1. The number of hydrogen-bond donors (Lipinski definition) is 1. The van der Waals surface area contributed by atoms with Gasteiger partial charge in [-0.15, -0.1) is 0 Å². The molecule has 2 fully saturated rings. The molecule has 2 aliphatic rings. The lowest BCUT2D eigenvalue weighted by molar-refractivity contribution is 0.457. The van der Waals surface area contributed by atoms with Gasteiger partial charge in [0.2, 0.25) is 0 Å². The molecule has 4 heteroatoms. The summed E-state index contributed by atoms with van der Waals surface area (Å²) in [5.41, 5.74) is 1.18. The summed E-state index contributed by atoms with van der Waals surface area (Å²) in [6.07, 6.45) is 4.31. The molecular formula is C11H16N2OS. The maximum Gasteiger partial charge on any atom is 0.198 e. The van der Waals surface area contributed by atoms with Gasteiger partial charge in [-0.1, -0.05) is 0 Å². The zero-order chi connectivity index (χ0) is 10.1. The Hall–Kier alpha value is -0.480. The molecule has 1 aromatic heterocycles. The van der Waals surface area contributed by atoms with Gasteiger partial charge in [0.05, 0.1) is 5.69 Å². The highest BCUT2D eigenvalue weighted by Gasteiger charge is 2.25. The Labute approximate surface area is 94.0 Å². The fourth-order valence-corrected chi connectivity index (χ4v) is 3.55. The SMILES string of the molecule is c1oc(C2CCNC2)nc1C1CCSC1. The lowest BCUT2D eigenvalue weighted by Crippen LogP contribution is -2.08. The van der Waals surface area contributed by atoms with Crippen LogP contribution in [0.5, 0.6) is 0 Å². The Kier molecular flexibility index (Phi) is 2.71. The predicted octanol–water partition coefficient (Wildman–Crippen LogP) is 1.97. The fraction of sp³-hybridized carbons (Fsp3) is 0.727. The summed E-state index contributed by atoms with van der Waals surface area (Å²) in [6.45, 7) is 2.13. The molecule has 3 nitrogen and oxygen atoms in total. The summed E-state index contributed by atoms with van der Waals surface area (Å²) in [4.78, 5) is 4.65. The monoisotopic (exact) mass is 224 g/mol. The molecule has 82 valence electrons. The first-order valence-electron chi connectivity index (χ1n) is 5.67. The first-order valence-corrected chi connectivity index (χ1v) is 6.83. The number of aromatic nitrogens is 1. The molecule has 0 bridgehead atoms. The van der Waals surface area contributed by atoms with E-state index >= 15 is 0 Å². The zero-order valence-electron chi connectivity index (χ0n) is 8.74. The van der Waals surface area contributed by atoms with Crippen LogP contribution in [0.25, 0.3) is 0 Å².